The molecule has 2 unspecified atom stereocenters. The van der Waals surface area contributed by atoms with E-state index >= 15 is 0 Å². The lowest BCUT2D eigenvalue weighted by Crippen LogP contribution is -2.57. The monoisotopic (exact) mass is 574 g/mol. The lowest BCUT2D eigenvalue weighted by atomic mass is 10.1. The third kappa shape index (κ3) is 5.63. The van der Waals surface area contributed by atoms with Gasteiger partial charge in [-0.15, -0.1) is 0 Å². The van der Waals surface area contributed by atoms with Crippen LogP contribution in [0.4, 0.5) is 39.5 Å². The van der Waals surface area contributed by atoms with E-state index in [0.29, 0.717) is 0 Å². The van der Waals surface area contributed by atoms with E-state index in [1.165, 1.54) is 4.90 Å². The van der Waals surface area contributed by atoms with E-state index in [1.54, 1.807) is 0 Å². The van der Waals surface area contributed by atoms with E-state index in [2.05, 4.69) is 0 Å². The van der Waals surface area contributed by atoms with Gasteiger partial charge in [-0.1, -0.05) is 12.1 Å². The number of piperazine rings is 1. The summed E-state index contributed by atoms with van der Waals surface area (Å²) in [5.41, 5.74) is -4.13. The summed E-state index contributed by atoms with van der Waals surface area (Å²) < 4.78 is 145. The molecule has 2 atom stereocenters. The number of hydrogen-bond donors (Lipinski definition) is 0. The van der Waals surface area contributed by atoms with Gasteiger partial charge in [0.15, 0.2) is 0 Å². The first-order valence-corrected chi connectivity index (χ1v) is 12.6. The highest BCUT2D eigenvalue weighted by molar-refractivity contribution is 7.89. The van der Waals surface area contributed by atoms with Gasteiger partial charge in [0.25, 0.3) is 0 Å². The molecule has 5 nitrogen and oxygen atoms in total. The van der Waals surface area contributed by atoms with Crippen molar-refractivity contribution in [2.24, 2.45) is 0 Å². The molecule has 0 radical (unpaired) electrons. The van der Waals surface area contributed by atoms with Crippen LogP contribution in [-0.4, -0.2) is 48.7 Å². The van der Waals surface area contributed by atoms with Gasteiger partial charge in [-0.25, -0.2) is 8.42 Å². The number of benzene rings is 2. The molecule has 0 N–H and O–H groups in total. The molecular formula is C23H19F9N2O3S. The Morgan fingerprint density at radius 3 is 1.61 bits per heavy atom. The Morgan fingerprint density at radius 2 is 1.18 bits per heavy atom. The van der Waals surface area contributed by atoms with Gasteiger partial charge in [-0.2, -0.15) is 43.8 Å². The molecule has 0 spiro atoms. The van der Waals surface area contributed by atoms with Crippen molar-refractivity contribution in [3.05, 3.63) is 64.7 Å². The fourth-order valence-electron chi connectivity index (χ4n) is 4.76. The molecule has 208 valence electrons. The summed E-state index contributed by atoms with van der Waals surface area (Å²) in [5, 5.41) is 0. The van der Waals surface area contributed by atoms with Crippen LogP contribution in [0.3, 0.4) is 0 Å². The van der Waals surface area contributed by atoms with Crippen molar-refractivity contribution in [1.82, 2.24) is 9.21 Å². The summed E-state index contributed by atoms with van der Waals surface area (Å²) in [6.45, 7) is -0.333. The number of fused-ring (bicyclic) bond motifs is 2. The predicted octanol–water partition coefficient (Wildman–Crippen LogP) is 5.35. The summed E-state index contributed by atoms with van der Waals surface area (Å²) in [6, 6.07) is 2.30. The molecule has 2 aliphatic rings. The van der Waals surface area contributed by atoms with Crippen LogP contribution < -0.4 is 0 Å². The highest BCUT2D eigenvalue weighted by Gasteiger charge is 2.49. The first kappa shape index (κ1) is 28.2. The maximum Gasteiger partial charge on any atom is 0.416 e. The summed E-state index contributed by atoms with van der Waals surface area (Å²) in [4.78, 5) is 12.9. The van der Waals surface area contributed by atoms with E-state index in [9.17, 15) is 52.7 Å². The van der Waals surface area contributed by atoms with Gasteiger partial charge in [-0.3, -0.25) is 4.79 Å². The molecule has 2 aromatic carbocycles. The van der Waals surface area contributed by atoms with Crippen LogP contribution in [0.25, 0.3) is 0 Å². The van der Waals surface area contributed by atoms with Crippen molar-refractivity contribution in [3.63, 3.8) is 0 Å². The molecule has 2 aliphatic heterocycles. The summed E-state index contributed by atoms with van der Waals surface area (Å²) >= 11 is 0. The second-order valence-corrected chi connectivity index (χ2v) is 11.0. The molecular weight excluding hydrogens is 555 g/mol. The number of nitrogens with zero attached hydrogens (tertiary/aromatic N) is 2. The maximum atomic E-state index is 13.3. The summed E-state index contributed by atoms with van der Waals surface area (Å²) in [7, 11) is -4.80. The molecule has 0 saturated carbocycles. The molecule has 2 aromatic rings. The number of likely N-dealkylation sites (tertiary alicyclic amines) is 1. The smallest absolute Gasteiger partial charge is 0.339 e. The average molecular weight is 574 g/mol. The molecule has 38 heavy (non-hydrogen) atoms. The first-order chi connectivity index (χ1) is 17.4. The van der Waals surface area contributed by atoms with Crippen LogP contribution in [0.5, 0.6) is 0 Å². The fraction of sp³-hybridized carbons (Fsp3) is 0.435. The number of carbonyl (C=O) groups is 1. The van der Waals surface area contributed by atoms with Crippen molar-refractivity contribution in [1.29, 1.82) is 0 Å². The Morgan fingerprint density at radius 1 is 0.737 bits per heavy atom. The number of sulfonamides is 1. The molecule has 2 fully saturated rings. The normalized spacial score (nSPS) is 21.1. The van der Waals surface area contributed by atoms with Crippen LogP contribution in [0.2, 0.25) is 0 Å². The highest BCUT2D eigenvalue weighted by Crippen LogP contribution is 2.40. The van der Waals surface area contributed by atoms with Crippen LogP contribution in [-0.2, 0) is 39.8 Å². The van der Waals surface area contributed by atoms with Crippen molar-refractivity contribution in [2.45, 2.75) is 54.8 Å². The SMILES string of the molecule is O=C(Cc1ccc(C(F)(F)F)cc1)N1CC2CCC(C1)N2S(=O)(=O)c1cc(C(F)(F)F)cc(C(F)(F)F)c1. The van der Waals surface area contributed by atoms with E-state index in [-0.39, 0.29) is 56.1 Å². The van der Waals surface area contributed by atoms with Crippen LogP contribution in [0.1, 0.15) is 35.1 Å². The standard InChI is InChI=1S/C23H19F9N2O3S/c24-21(25,26)14-3-1-13(2-4-14)7-20(35)33-11-17-5-6-18(12-33)34(17)38(36,37)19-9-15(22(27,28)29)8-16(10-19)23(30,31)32/h1-4,8-10,17-18H,5-7,11-12H2. The lowest BCUT2D eigenvalue weighted by Gasteiger charge is -2.40. The third-order valence-electron chi connectivity index (χ3n) is 6.54. The Balaban J connectivity index is 1.55. The van der Waals surface area contributed by atoms with Crippen molar-refractivity contribution in [3.8, 4) is 0 Å². The second kappa shape index (κ2) is 9.43. The minimum Gasteiger partial charge on any atom is -0.339 e. The molecule has 2 bridgehead atoms. The number of hydrogen-bond acceptors (Lipinski definition) is 3. The summed E-state index contributed by atoms with van der Waals surface area (Å²) in [5.74, 6) is -0.503. The number of alkyl halides is 9. The van der Waals surface area contributed by atoms with Crippen LogP contribution in [0, 0.1) is 0 Å². The van der Waals surface area contributed by atoms with Gasteiger partial charge >= 0.3 is 18.5 Å². The van der Waals surface area contributed by atoms with Gasteiger partial charge in [0, 0.05) is 25.2 Å². The number of amides is 1. The average Bonchev–Trinajstić information content (AvgIpc) is 3.08. The van der Waals surface area contributed by atoms with E-state index in [0.717, 1.165) is 28.6 Å². The minimum absolute atomic E-state index is 0.159. The zero-order chi connectivity index (χ0) is 28.3. The molecule has 2 heterocycles. The van der Waals surface area contributed by atoms with Gasteiger partial charge in [0.2, 0.25) is 15.9 Å². The van der Waals surface area contributed by atoms with Crippen molar-refractivity contribution in [2.75, 3.05) is 13.1 Å². The molecule has 2 saturated heterocycles. The lowest BCUT2D eigenvalue weighted by molar-refractivity contribution is -0.143. The van der Waals surface area contributed by atoms with E-state index < -0.39 is 68.1 Å². The zero-order valence-corrected chi connectivity index (χ0v) is 20.0. The fourth-order valence-corrected chi connectivity index (χ4v) is 6.68. The third-order valence-corrected chi connectivity index (χ3v) is 8.52. The quantitative estimate of drug-likeness (QED) is 0.463. The van der Waals surface area contributed by atoms with Gasteiger partial charge in [-0.05, 0) is 48.7 Å². The van der Waals surface area contributed by atoms with Crippen LogP contribution >= 0.6 is 0 Å². The number of rotatable bonds is 4. The van der Waals surface area contributed by atoms with Crippen molar-refractivity contribution >= 4 is 15.9 Å². The Kier molecular flexibility index (Phi) is 7.00. The Bertz CT molecular complexity index is 1270. The molecule has 4 rings (SSSR count). The van der Waals surface area contributed by atoms with Gasteiger partial charge in [0.1, 0.15) is 0 Å². The first-order valence-electron chi connectivity index (χ1n) is 11.1. The van der Waals surface area contributed by atoms with Crippen LogP contribution in [0.15, 0.2) is 47.4 Å². The Hall–Kier alpha value is -2.81. The Labute approximate surface area is 210 Å². The largest absolute Gasteiger partial charge is 0.416 e. The maximum absolute atomic E-state index is 13.3. The van der Waals surface area contributed by atoms with Gasteiger partial charge < -0.3 is 4.90 Å². The topological polar surface area (TPSA) is 57.7 Å². The highest BCUT2D eigenvalue weighted by atomic mass is 32.2. The number of halogens is 9. The molecule has 1 amide bonds. The predicted molar refractivity (Wildman–Crippen MR) is 114 cm³/mol. The second-order valence-electron chi connectivity index (χ2n) is 9.13. The van der Waals surface area contributed by atoms with E-state index in [1.807, 2.05) is 0 Å². The van der Waals surface area contributed by atoms with Crippen molar-refractivity contribution < 1.29 is 52.7 Å². The number of carbonyl (C=O) groups excluding carboxylic acids is 1. The molecule has 0 aromatic heterocycles. The van der Waals surface area contributed by atoms with E-state index in [4.69, 9.17) is 0 Å². The zero-order valence-electron chi connectivity index (χ0n) is 19.2. The molecule has 0 aliphatic carbocycles. The summed E-state index contributed by atoms with van der Waals surface area (Å²) in [6.07, 6.45) is -14.8. The van der Waals surface area contributed by atoms with Gasteiger partial charge in [0.05, 0.1) is 28.0 Å². The molecule has 15 heteroatoms. The minimum atomic E-state index is -5.23.